The predicted molar refractivity (Wildman–Crippen MR) is 110 cm³/mol. The first-order valence-electron chi connectivity index (χ1n) is 10.6. The van der Waals surface area contributed by atoms with Crippen LogP contribution < -0.4 is 16.4 Å². The highest BCUT2D eigenvalue weighted by atomic mass is 16.2. The molecule has 3 heterocycles. The number of rotatable bonds is 6. The molecule has 8 nitrogen and oxygen atoms in total. The second kappa shape index (κ2) is 7.19. The molecule has 3 aliphatic rings. The van der Waals surface area contributed by atoms with E-state index in [4.69, 9.17) is 5.73 Å². The van der Waals surface area contributed by atoms with E-state index in [0.29, 0.717) is 30.6 Å². The lowest BCUT2D eigenvalue weighted by Gasteiger charge is -2.29. The van der Waals surface area contributed by atoms with E-state index >= 15 is 0 Å². The maximum atomic E-state index is 13.4. The lowest BCUT2D eigenvalue weighted by molar-refractivity contribution is -0.143. The Morgan fingerprint density at radius 1 is 1.20 bits per heavy atom. The summed E-state index contributed by atoms with van der Waals surface area (Å²) in [4.78, 5) is 52.8. The van der Waals surface area contributed by atoms with Gasteiger partial charge in [0.2, 0.25) is 23.6 Å². The van der Waals surface area contributed by atoms with Crippen LogP contribution in [0.25, 0.3) is 0 Å². The largest absolute Gasteiger partial charge is 0.370 e. The maximum Gasteiger partial charge on any atom is 0.250 e. The Morgan fingerprint density at radius 3 is 2.60 bits per heavy atom. The second-order valence-corrected chi connectivity index (χ2v) is 8.63. The molecule has 3 aliphatic heterocycles. The Hall–Kier alpha value is -2.74. The van der Waals surface area contributed by atoms with Crippen LogP contribution in [0.1, 0.15) is 49.3 Å². The summed E-state index contributed by atoms with van der Waals surface area (Å²) in [6, 6.07) is 3.31. The third-order valence-electron chi connectivity index (χ3n) is 6.95. The van der Waals surface area contributed by atoms with Crippen LogP contribution in [0, 0.1) is 25.7 Å². The number of nitrogens with zero attached hydrogens (tertiary/aromatic N) is 1. The number of nitrogens with one attached hydrogen (secondary N) is 2. The van der Waals surface area contributed by atoms with E-state index < -0.39 is 29.3 Å². The van der Waals surface area contributed by atoms with Gasteiger partial charge in [-0.2, -0.15) is 0 Å². The van der Waals surface area contributed by atoms with Crippen LogP contribution in [0.2, 0.25) is 0 Å². The first kappa shape index (κ1) is 20.5. The van der Waals surface area contributed by atoms with Crippen molar-refractivity contribution in [3.63, 3.8) is 0 Å². The minimum absolute atomic E-state index is 0.0782. The van der Waals surface area contributed by atoms with Crippen LogP contribution in [0.4, 0.5) is 5.69 Å². The Bertz CT molecular complexity index is 959. The number of fused-ring (bicyclic) bond motifs is 4. The van der Waals surface area contributed by atoms with Gasteiger partial charge in [-0.25, -0.2) is 0 Å². The van der Waals surface area contributed by atoms with E-state index in [0.717, 1.165) is 17.5 Å². The lowest BCUT2D eigenvalue weighted by Crippen LogP contribution is -2.53. The van der Waals surface area contributed by atoms with Crippen LogP contribution in [0.15, 0.2) is 12.1 Å². The van der Waals surface area contributed by atoms with Gasteiger partial charge in [0.1, 0.15) is 5.54 Å². The third-order valence-corrected chi connectivity index (χ3v) is 6.95. The van der Waals surface area contributed by atoms with Gasteiger partial charge in [0.05, 0.1) is 11.8 Å². The summed E-state index contributed by atoms with van der Waals surface area (Å²) in [7, 11) is 0. The van der Waals surface area contributed by atoms with Crippen molar-refractivity contribution in [2.75, 3.05) is 11.9 Å². The number of anilines is 1. The van der Waals surface area contributed by atoms with Crippen molar-refractivity contribution in [2.24, 2.45) is 17.6 Å². The van der Waals surface area contributed by atoms with Crippen molar-refractivity contribution in [1.82, 2.24) is 10.2 Å². The van der Waals surface area contributed by atoms with E-state index in [1.54, 1.807) is 0 Å². The summed E-state index contributed by atoms with van der Waals surface area (Å²) in [5.41, 5.74) is 7.40. The maximum absolute atomic E-state index is 13.4. The van der Waals surface area contributed by atoms with Crippen molar-refractivity contribution < 1.29 is 19.2 Å². The Balaban J connectivity index is 1.83. The highest BCUT2D eigenvalue weighted by molar-refractivity contribution is 6.15. The molecule has 160 valence electrons. The summed E-state index contributed by atoms with van der Waals surface area (Å²) >= 11 is 0. The van der Waals surface area contributed by atoms with Gasteiger partial charge in [-0.3, -0.25) is 29.4 Å². The summed E-state index contributed by atoms with van der Waals surface area (Å²) in [6.45, 7) is 6.24. The van der Waals surface area contributed by atoms with Gasteiger partial charge < -0.3 is 11.1 Å². The number of benzene rings is 1. The lowest BCUT2D eigenvalue weighted by atomic mass is 9.76. The van der Waals surface area contributed by atoms with Gasteiger partial charge in [0.25, 0.3) is 0 Å². The smallest absolute Gasteiger partial charge is 0.250 e. The van der Waals surface area contributed by atoms with Crippen LogP contribution >= 0.6 is 0 Å². The minimum Gasteiger partial charge on any atom is -0.370 e. The second-order valence-electron chi connectivity index (χ2n) is 8.63. The molecule has 4 amide bonds. The molecule has 4 rings (SSSR count). The summed E-state index contributed by atoms with van der Waals surface area (Å²) < 4.78 is 0. The van der Waals surface area contributed by atoms with Gasteiger partial charge in [-0.05, 0) is 37.8 Å². The number of carbonyl (C=O) groups is 4. The zero-order chi connectivity index (χ0) is 21.8. The average molecular weight is 412 g/mol. The number of primary amides is 1. The molecule has 2 saturated heterocycles. The molecule has 4 N–H and O–H groups in total. The number of carbonyl (C=O) groups excluding carboxylic acids is 4. The molecular weight excluding hydrogens is 384 g/mol. The molecule has 0 bridgehead atoms. The van der Waals surface area contributed by atoms with Crippen molar-refractivity contribution in [1.29, 1.82) is 0 Å². The zero-order valence-corrected chi connectivity index (χ0v) is 17.6. The summed E-state index contributed by atoms with van der Waals surface area (Å²) in [5.74, 6) is -2.89. The first-order valence-corrected chi connectivity index (χ1v) is 10.6. The molecule has 2 fully saturated rings. The van der Waals surface area contributed by atoms with E-state index in [1.165, 1.54) is 4.90 Å². The SMILES string of the molecule is CCCCN1C(=O)C2C(CCC(N)=O)NC3(C(=O)Nc4c3ccc(C)c4C)C2C1=O. The van der Waals surface area contributed by atoms with Crippen LogP contribution in [0.5, 0.6) is 0 Å². The number of likely N-dealkylation sites (tertiary alicyclic amines) is 1. The van der Waals surface area contributed by atoms with Crippen molar-refractivity contribution in [3.8, 4) is 0 Å². The molecule has 1 aromatic rings. The molecule has 0 saturated carbocycles. The number of aryl methyl sites for hydroxylation is 1. The van der Waals surface area contributed by atoms with E-state index in [-0.39, 0.29) is 24.1 Å². The van der Waals surface area contributed by atoms with E-state index in [9.17, 15) is 19.2 Å². The Morgan fingerprint density at radius 2 is 1.93 bits per heavy atom. The van der Waals surface area contributed by atoms with E-state index in [1.807, 2.05) is 32.9 Å². The van der Waals surface area contributed by atoms with Gasteiger partial charge in [0, 0.05) is 30.3 Å². The molecule has 1 aromatic carbocycles. The van der Waals surface area contributed by atoms with Gasteiger partial charge in [-0.15, -0.1) is 0 Å². The normalized spacial score (nSPS) is 29.5. The average Bonchev–Trinajstić information content (AvgIpc) is 3.27. The third kappa shape index (κ3) is 2.70. The van der Waals surface area contributed by atoms with Crippen molar-refractivity contribution >= 4 is 29.3 Å². The van der Waals surface area contributed by atoms with Gasteiger partial charge >= 0.3 is 0 Å². The number of hydrogen-bond donors (Lipinski definition) is 3. The van der Waals surface area contributed by atoms with Crippen molar-refractivity contribution in [3.05, 3.63) is 28.8 Å². The van der Waals surface area contributed by atoms with Gasteiger partial charge in [0.15, 0.2) is 0 Å². The molecule has 0 radical (unpaired) electrons. The topological polar surface area (TPSA) is 122 Å². The fourth-order valence-corrected chi connectivity index (χ4v) is 5.26. The Labute approximate surface area is 175 Å². The molecule has 8 heteroatoms. The summed E-state index contributed by atoms with van der Waals surface area (Å²) in [6.07, 6.45) is 1.94. The molecule has 30 heavy (non-hydrogen) atoms. The molecule has 0 aliphatic carbocycles. The number of hydrogen-bond acceptors (Lipinski definition) is 5. The standard InChI is InChI=1S/C22H28N4O4/c1-4-5-10-26-19(28)16-14(8-9-15(23)27)25-22(17(16)20(26)29)13-7-6-11(2)12(3)18(13)24-21(22)30/h6-7,14,16-17,25H,4-5,8-10H2,1-3H3,(H2,23,27)(H,24,30). The van der Waals surface area contributed by atoms with E-state index in [2.05, 4.69) is 10.6 Å². The quantitative estimate of drug-likeness (QED) is 0.604. The van der Waals surface area contributed by atoms with Gasteiger partial charge in [-0.1, -0.05) is 25.5 Å². The highest BCUT2D eigenvalue weighted by Crippen LogP contribution is 2.54. The van der Waals surface area contributed by atoms with Crippen LogP contribution in [-0.4, -0.2) is 41.1 Å². The number of nitrogens with two attached hydrogens (primary N) is 1. The summed E-state index contributed by atoms with van der Waals surface area (Å²) in [5, 5.41) is 6.28. The number of amides is 4. The van der Waals surface area contributed by atoms with Crippen LogP contribution in [0.3, 0.4) is 0 Å². The fraction of sp³-hybridized carbons (Fsp3) is 0.545. The molecule has 4 atom stereocenters. The highest BCUT2D eigenvalue weighted by Gasteiger charge is 2.70. The van der Waals surface area contributed by atoms with Crippen LogP contribution in [-0.2, 0) is 24.7 Å². The van der Waals surface area contributed by atoms with Crippen molar-refractivity contribution in [2.45, 2.75) is 58.0 Å². The number of unbranched alkanes of at least 4 members (excludes halogenated alkanes) is 1. The number of imide groups is 1. The zero-order valence-electron chi connectivity index (χ0n) is 17.6. The first-order chi connectivity index (χ1) is 14.2. The minimum atomic E-state index is -1.31. The fourth-order valence-electron chi connectivity index (χ4n) is 5.26. The molecule has 1 spiro atoms. The molecular formula is C22H28N4O4. The molecule has 0 aromatic heterocycles. The Kier molecular flexibility index (Phi) is 4.92. The monoisotopic (exact) mass is 412 g/mol. The predicted octanol–water partition coefficient (Wildman–Crippen LogP) is 1.09. The molecule has 4 unspecified atom stereocenters.